The molecular formula is C14H18ClN. The zero-order chi connectivity index (χ0) is 11.4. The Morgan fingerprint density at radius 3 is 2.81 bits per heavy atom. The number of aromatic nitrogens is 1. The van der Waals surface area contributed by atoms with Crippen molar-refractivity contribution < 1.29 is 0 Å². The van der Waals surface area contributed by atoms with Gasteiger partial charge in [-0.25, -0.2) is 0 Å². The quantitative estimate of drug-likeness (QED) is 0.707. The molecule has 0 unspecified atom stereocenters. The second kappa shape index (κ2) is 5.40. The summed E-state index contributed by atoms with van der Waals surface area (Å²) in [6, 6.07) is 8.21. The molecule has 0 aliphatic rings. The van der Waals surface area contributed by atoms with Crippen molar-refractivity contribution in [2.75, 3.05) is 0 Å². The van der Waals surface area contributed by atoms with Crippen LogP contribution in [0.3, 0.4) is 0 Å². The molecule has 0 fully saturated rings. The van der Waals surface area contributed by atoms with Gasteiger partial charge in [0, 0.05) is 21.6 Å². The molecule has 0 spiro atoms. The van der Waals surface area contributed by atoms with E-state index in [1.165, 1.54) is 42.3 Å². The van der Waals surface area contributed by atoms with E-state index in [-0.39, 0.29) is 0 Å². The Bertz CT molecular complexity index is 459. The van der Waals surface area contributed by atoms with Gasteiger partial charge in [0.1, 0.15) is 0 Å². The number of benzene rings is 1. The third-order valence-electron chi connectivity index (χ3n) is 2.94. The van der Waals surface area contributed by atoms with E-state index in [1.807, 2.05) is 18.2 Å². The monoisotopic (exact) mass is 235 g/mol. The third kappa shape index (κ3) is 2.79. The maximum absolute atomic E-state index is 5.96. The van der Waals surface area contributed by atoms with Crippen LogP contribution in [0, 0.1) is 0 Å². The first-order chi connectivity index (χ1) is 7.79. The zero-order valence-electron chi connectivity index (χ0n) is 9.72. The number of hydrogen-bond donors (Lipinski definition) is 1. The van der Waals surface area contributed by atoms with E-state index < -0.39 is 0 Å². The van der Waals surface area contributed by atoms with Gasteiger partial charge in [-0.1, -0.05) is 37.8 Å². The molecule has 0 radical (unpaired) electrons. The highest BCUT2D eigenvalue weighted by Gasteiger charge is 2.01. The van der Waals surface area contributed by atoms with Gasteiger partial charge in [0.05, 0.1) is 0 Å². The van der Waals surface area contributed by atoms with Crippen molar-refractivity contribution in [3.8, 4) is 0 Å². The predicted molar refractivity (Wildman–Crippen MR) is 71.2 cm³/mol. The van der Waals surface area contributed by atoms with E-state index in [0.29, 0.717) is 0 Å². The van der Waals surface area contributed by atoms with Crippen LogP contribution >= 0.6 is 11.6 Å². The highest BCUT2D eigenvalue weighted by atomic mass is 35.5. The maximum Gasteiger partial charge on any atom is 0.0457 e. The molecule has 1 nitrogen and oxygen atoms in total. The van der Waals surface area contributed by atoms with E-state index in [1.54, 1.807) is 0 Å². The van der Waals surface area contributed by atoms with Crippen molar-refractivity contribution in [1.82, 2.24) is 4.98 Å². The van der Waals surface area contributed by atoms with E-state index in [2.05, 4.69) is 18.0 Å². The summed E-state index contributed by atoms with van der Waals surface area (Å²) in [4.78, 5) is 3.44. The fourth-order valence-electron chi connectivity index (χ4n) is 2.04. The van der Waals surface area contributed by atoms with Gasteiger partial charge >= 0.3 is 0 Å². The highest BCUT2D eigenvalue weighted by Crippen LogP contribution is 2.21. The first-order valence-corrected chi connectivity index (χ1v) is 6.44. The largest absolute Gasteiger partial charge is 0.358 e. The van der Waals surface area contributed by atoms with E-state index in [9.17, 15) is 0 Å². The Morgan fingerprint density at radius 1 is 1.12 bits per heavy atom. The maximum atomic E-state index is 5.96. The molecule has 0 saturated heterocycles. The average molecular weight is 236 g/mol. The second-order valence-corrected chi connectivity index (χ2v) is 4.77. The Morgan fingerprint density at radius 2 is 2.00 bits per heavy atom. The molecule has 86 valence electrons. The molecule has 2 heteroatoms. The smallest absolute Gasteiger partial charge is 0.0457 e. The summed E-state index contributed by atoms with van der Waals surface area (Å²) in [5.41, 5.74) is 2.52. The first-order valence-electron chi connectivity index (χ1n) is 6.07. The summed E-state index contributed by atoms with van der Waals surface area (Å²) in [6.45, 7) is 2.24. The van der Waals surface area contributed by atoms with Gasteiger partial charge in [-0.3, -0.25) is 0 Å². The van der Waals surface area contributed by atoms with Crippen molar-refractivity contribution in [3.05, 3.63) is 35.0 Å². The van der Waals surface area contributed by atoms with Gasteiger partial charge in [0.2, 0.25) is 0 Å². The Kier molecular flexibility index (Phi) is 3.89. The van der Waals surface area contributed by atoms with Gasteiger partial charge in [-0.15, -0.1) is 0 Å². The zero-order valence-corrected chi connectivity index (χ0v) is 10.5. The number of halogens is 1. The molecule has 0 aliphatic carbocycles. The van der Waals surface area contributed by atoms with Crippen LogP contribution < -0.4 is 0 Å². The molecule has 1 heterocycles. The summed E-state index contributed by atoms with van der Waals surface area (Å²) in [7, 11) is 0. The number of aromatic amines is 1. The number of H-pyrrole nitrogens is 1. The normalized spacial score (nSPS) is 11.1. The van der Waals surface area contributed by atoms with Gasteiger partial charge in [0.25, 0.3) is 0 Å². The summed E-state index contributed by atoms with van der Waals surface area (Å²) < 4.78 is 0. The molecule has 0 aliphatic heterocycles. The third-order valence-corrected chi connectivity index (χ3v) is 3.17. The first kappa shape index (κ1) is 11.5. The summed E-state index contributed by atoms with van der Waals surface area (Å²) >= 11 is 5.96. The van der Waals surface area contributed by atoms with Crippen molar-refractivity contribution in [2.24, 2.45) is 0 Å². The van der Waals surface area contributed by atoms with Crippen LogP contribution in [0.4, 0.5) is 0 Å². The van der Waals surface area contributed by atoms with Crippen LogP contribution in [0.25, 0.3) is 10.9 Å². The van der Waals surface area contributed by atoms with Crippen LogP contribution in [-0.2, 0) is 6.42 Å². The summed E-state index contributed by atoms with van der Waals surface area (Å²) in [5, 5.41) is 2.03. The minimum absolute atomic E-state index is 0.809. The van der Waals surface area contributed by atoms with E-state index >= 15 is 0 Å². The van der Waals surface area contributed by atoms with Gasteiger partial charge in [0.15, 0.2) is 0 Å². The fraction of sp³-hybridized carbons (Fsp3) is 0.429. The van der Waals surface area contributed by atoms with Gasteiger partial charge < -0.3 is 4.98 Å². The average Bonchev–Trinajstić information content (AvgIpc) is 2.66. The standard InChI is InChI=1S/C14H18ClN/c1-2-3-4-5-6-13-10-11-9-12(15)7-8-14(11)16-13/h7-10,16H,2-6H2,1H3. The fourth-order valence-corrected chi connectivity index (χ4v) is 2.22. The van der Waals surface area contributed by atoms with Crippen molar-refractivity contribution >= 4 is 22.5 Å². The molecule has 0 atom stereocenters. The Balaban J connectivity index is 2.02. The molecule has 2 aromatic rings. The number of hydrogen-bond acceptors (Lipinski definition) is 0. The molecular weight excluding hydrogens is 218 g/mol. The molecule has 0 saturated carbocycles. The highest BCUT2D eigenvalue weighted by molar-refractivity contribution is 6.31. The SMILES string of the molecule is CCCCCCc1cc2cc(Cl)ccc2[nH]1. The minimum atomic E-state index is 0.809. The van der Waals surface area contributed by atoms with Crippen LogP contribution in [-0.4, -0.2) is 4.98 Å². The number of nitrogens with one attached hydrogen (secondary N) is 1. The lowest BCUT2D eigenvalue weighted by Crippen LogP contribution is -1.84. The van der Waals surface area contributed by atoms with Gasteiger partial charge in [-0.05, 0) is 37.1 Å². The molecule has 0 bridgehead atoms. The van der Waals surface area contributed by atoms with Crippen molar-refractivity contribution in [3.63, 3.8) is 0 Å². The molecule has 1 aromatic carbocycles. The lowest BCUT2D eigenvalue weighted by atomic mass is 10.1. The van der Waals surface area contributed by atoms with Crippen molar-refractivity contribution in [1.29, 1.82) is 0 Å². The second-order valence-electron chi connectivity index (χ2n) is 4.34. The van der Waals surface area contributed by atoms with E-state index in [0.717, 1.165) is 11.4 Å². The lowest BCUT2D eigenvalue weighted by Gasteiger charge is -1.96. The Hall–Kier alpha value is -0.950. The molecule has 1 aromatic heterocycles. The lowest BCUT2D eigenvalue weighted by molar-refractivity contribution is 0.662. The number of aryl methyl sites for hydroxylation is 1. The summed E-state index contributed by atoms with van der Waals surface area (Å²) in [5.74, 6) is 0. The van der Waals surface area contributed by atoms with Crippen molar-refractivity contribution in [2.45, 2.75) is 39.0 Å². The number of unbranched alkanes of at least 4 members (excludes halogenated alkanes) is 3. The van der Waals surface area contributed by atoms with Crippen LogP contribution in [0.2, 0.25) is 5.02 Å². The van der Waals surface area contributed by atoms with Crippen LogP contribution in [0.15, 0.2) is 24.3 Å². The predicted octanol–water partition coefficient (Wildman–Crippen LogP) is 4.94. The Labute approximate surface area is 102 Å². The topological polar surface area (TPSA) is 15.8 Å². The van der Waals surface area contributed by atoms with Gasteiger partial charge in [-0.2, -0.15) is 0 Å². The molecule has 0 amide bonds. The molecule has 2 rings (SSSR count). The minimum Gasteiger partial charge on any atom is -0.358 e. The number of fused-ring (bicyclic) bond motifs is 1. The van der Waals surface area contributed by atoms with Crippen LogP contribution in [0.5, 0.6) is 0 Å². The molecule has 1 N–H and O–H groups in total. The van der Waals surface area contributed by atoms with E-state index in [4.69, 9.17) is 11.6 Å². The number of rotatable bonds is 5. The van der Waals surface area contributed by atoms with Crippen LogP contribution in [0.1, 0.15) is 38.3 Å². The molecule has 16 heavy (non-hydrogen) atoms. The summed E-state index contributed by atoms with van der Waals surface area (Å²) in [6.07, 6.45) is 6.38.